The number of carbonyl (C=O) groups is 2. The summed E-state index contributed by atoms with van der Waals surface area (Å²) in [6.07, 6.45) is -4.87. The van der Waals surface area contributed by atoms with E-state index in [1.165, 1.54) is 16.2 Å². The van der Waals surface area contributed by atoms with E-state index in [-0.39, 0.29) is 24.5 Å². The van der Waals surface area contributed by atoms with Gasteiger partial charge in [0.05, 0.1) is 4.88 Å². The summed E-state index contributed by atoms with van der Waals surface area (Å²) in [7, 11) is 0. The van der Waals surface area contributed by atoms with Gasteiger partial charge >= 0.3 is 12.3 Å². The maximum atomic E-state index is 13.4. The van der Waals surface area contributed by atoms with E-state index in [2.05, 4.69) is 4.74 Å². The minimum Gasteiger partial charge on any atom is -0.437 e. The first-order valence-electron chi connectivity index (χ1n) is 10.4. The molecule has 0 saturated carbocycles. The number of hydrogen-bond acceptors (Lipinski definition) is 4. The van der Waals surface area contributed by atoms with Crippen LogP contribution >= 0.6 is 11.3 Å². The number of halogens is 3. The van der Waals surface area contributed by atoms with Crippen LogP contribution in [-0.4, -0.2) is 59.3 Å². The Bertz CT molecular complexity index is 996. The number of alkyl halides is 3. The third-order valence-electron chi connectivity index (χ3n) is 6.48. The molecular formula is C22H25F3N2O3S. The summed E-state index contributed by atoms with van der Waals surface area (Å²) in [4.78, 5) is 29.5. The van der Waals surface area contributed by atoms with Crippen LogP contribution in [0.25, 0.3) is 10.1 Å². The predicted molar refractivity (Wildman–Crippen MR) is 112 cm³/mol. The number of fused-ring (bicyclic) bond motifs is 1. The molecule has 4 rings (SSSR count). The van der Waals surface area contributed by atoms with E-state index < -0.39 is 18.4 Å². The molecule has 31 heavy (non-hydrogen) atoms. The number of carbonyl (C=O) groups excluding carboxylic acids is 2. The molecule has 3 heterocycles. The van der Waals surface area contributed by atoms with E-state index in [1.807, 2.05) is 36.1 Å². The normalized spacial score (nSPS) is 19.8. The number of thiophene rings is 1. The molecule has 2 fully saturated rings. The summed E-state index contributed by atoms with van der Waals surface area (Å²) in [6.45, 7) is 4.06. The summed E-state index contributed by atoms with van der Waals surface area (Å²) in [5, 5.41) is 1.05. The van der Waals surface area contributed by atoms with Gasteiger partial charge in [0.15, 0.2) is 6.10 Å². The molecule has 0 N–H and O–H groups in total. The summed E-state index contributed by atoms with van der Waals surface area (Å²) in [5.74, 6) is -0.000167. The highest BCUT2D eigenvalue weighted by Crippen LogP contribution is 2.41. The second kappa shape index (κ2) is 8.00. The molecule has 0 bridgehead atoms. The number of likely N-dealkylation sites (tertiary alicyclic amines) is 2. The van der Waals surface area contributed by atoms with Crippen molar-refractivity contribution >= 4 is 33.4 Å². The Hall–Kier alpha value is -2.29. The fourth-order valence-electron chi connectivity index (χ4n) is 4.62. The van der Waals surface area contributed by atoms with Crippen molar-refractivity contribution in [1.29, 1.82) is 0 Å². The molecule has 1 spiro atoms. The largest absolute Gasteiger partial charge is 0.437 e. The van der Waals surface area contributed by atoms with E-state index >= 15 is 0 Å². The Morgan fingerprint density at radius 1 is 1.16 bits per heavy atom. The minimum absolute atomic E-state index is 0.000167. The quantitative estimate of drug-likeness (QED) is 0.613. The minimum atomic E-state index is -4.58. The molecule has 2 aliphatic heterocycles. The van der Waals surface area contributed by atoms with Gasteiger partial charge in [-0.05, 0) is 56.5 Å². The van der Waals surface area contributed by atoms with Gasteiger partial charge in [0.25, 0.3) is 5.91 Å². The lowest BCUT2D eigenvalue weighted by molar-refractivity contribution is -0.200. The average molecular weight is 455 g/mol. The first-order valence-corrected chi connectivity index (χ1v) is 11.3. The van der Waals surface area contributed by atoms with Gasteiger partial charge in [-0.25, -0.2) is 4.79 Å². The van der Waals surface area contributed by atoms with Gasteiger partial charge < -0.3 is 14.5 Å². The van der Waals surface area contributed by atoms with Gasteiger partial charge in [0.2, 0.25) is 0 Å². The van der Waals surface area contributed by atoms with Crippen molar-refractivity contribution in [3.05, 3.63) is 34.7 Å². The van der Waals surface area contributed by atoms with Crippen LogP contribution in [0.1, 0.15) is 47.8 Å². The van der Waals surface area contributed by atoms with Crippen molar-refractivity contribution in [2.24, 2.45) is 0 Å². The van der Waals surface area contributed by atoms with Gasteiger partial charge in [0, 0.05) is 29.9 Å². The molecule has 1 atom stereocenters. The monoisotopic (exact) mass is 454 g/mol. The smallest absolute Gasteiger partial charge is 0.425 e. The van der Waals surface area contributed by atoms with Gasteiger partial charge in [-0.1, -0.05) is 18.2 Å². The maximum Gasteiger partial charge on any atom is 0.425 e. The Kier molecular flexibility index (Phi) is 5.66. The molecule has 0 radical (unpaired) electrons. The topological polar surface area (TPSA) is 49.9 Å². The average Bonchev–Trinajstić information content (AvgIpc) is 3.33. The number of piperidine rings is 1. The fraction of sp³-hybridized carbons (Fsp3) is 0.545. The molecule has 2 aliphatic rings. The van der Waals surface area contributed by atoms with E-state index in [4.69, 9.17) is 0 Å². The molecule has 1 aromatic carbocycles. The Morgan fingerprint density at radius 3 is 2.52 bits per heavy atom. The first-order chi connectivity index (χ1) is 14.6. The van der Waals surface area contributed by atoms with E-state index in [0.29, 0.717) is 24.3 Å². The number of hydrogen-bond donors (Lipinski definition) is 0. The van der Waals surface area contributed by atoms with Crippen molar-refractivity contribution in [1.82, 2.24) is 9.80 Å². The predicted octanol–water partition coefficient (Wildman–Crippen LogP) is 5.37. The number of amides is 2. The van der Waals surface area contributed by atoms with Gasteiger partial charge in [0.1, 0.15) is 0 Å². The van der Waals surface area contributed by atoms with Crippen LogP contribution in [-0.2, 0) is 4.74 Å². The van der Waals surface area contributed by atoms with E-state index in [9.17, 15) is 22.8 Å². The van der Waals surface area contributed by atoms with Gasteiger partial charge in [-0.2, -0.15) is 13.2 Å². The molecule has 1 unspecified atom stereocenters. The number of ether oxygens (including phenoxy) is 1. The van der Waals surface area contributed by atoms with Crippen LogP contribution < -0.4 is 0 Å². The fourth-order valence-corrected chi connectivity index (χ4v) is 5.70. The van der Waals surface area contributed by atoms with Gasteiger partial charge in [-0.15, -0.1) is 11.3 Å². The Morgan fingerprint density at radius 2 is 1.87 bits per heavy atom. The molecule has 2 saturated heterocycles. The van der Waals surface area contributed by atoms with Crippen LogP contribution in [0.5, 0.6) is 0 Å². The van der Waals surface area contributed by atoms with Gasteiger partial charge in [-0.3, -0.25) is 4.79 Å². The van der Waals surface area contributed by atoms with Crippen LogP contribution in [0, 0.1) is 6.92 Å². The van der Waals surface area contributed by atoms with E-state index in [0.717, 1.165) is 35.4 Å². The molecular weight excluding hydrogens is 429 g/mol. The van der Waals surface area contributed by atoms with Crippen LogP contribution in [0.4, 0.5) is 18.0 Å². The van der Waals surface area contributed by atoms with Crippen LogP contribution in [0.2, 0.25) is 0 Å². The second-order valence-electron chi connectivity index (χ2n) is 8.44. The molecule has 2 aromatic rings. The molecule has 5 nitrogen and oxygen atoms in total. The highest BCUT2D eigenvalue weighted by atomic mass is 32.1. The van der Waals surface area contributed by atoms with Crippen molar-refractivity contribution in [3.8, 4) is 0 Å². The number of nitrogens with zero attached hydrogens (tertiary/aromatic N) is 2. The Balaban J connectivity index is 1.45. The lowest BCUT2D eigenvalue weighted by Gasteiger charge is -2.44. The van der Waals surface area contributed by atoms with Crippen LogP contribution in [0.15, 0.2) is 24.3 Å². The summed E-state index contributed by atoms with van der Waals surface area (Å²) >= 11 is 1.50. The van der Waals surface area contributed by atoms with E-state index in [1.54, 1.807) is 0 Å². The zero-order chi connectivity index (χ0) is 22.4. The third kappa shape index (κ3) is 4.12. The molecule has 9 heteroatoms. The molecule has 0 aliphatic carbocycles. The van der Waals surface area contributed by atoms with Crippen molar-refractivity contribution in [2.75, 3.05) is 19.6 Å². The standard InChI is InChI=1S/C22H25F3N2O3S/c1-14-5-3-6-16-13-17(31-18(14)16)19(28)27-10-4-7-21(27)8-11-26(12-9-21)20(29)30-15(2)22(23,24)25/h3,5-6,13,15H,4,7-12H2,1-2H3. The highest BCUT2D eigenvalue weighted by Gasteiger charge is 2.47. The molecule has 168 valence electrons. The number of rotatable bonds is 2. The molecule has 1 aromatic heterocycles. The number of aryl methyl sites for hydroxylation is 1. The lowest BCUT2D eigenvalue weighted by atomic mass is 9.85. The Labute approximate surface area is 182 Å². The zero-order valence-corrected chi connectivity index (χ0v) is 18.3. The van der Waals surface area contributed by atoms with Crippen molar-refractivity contribution < 1.29 is 27.5 Å². The summed E-state index contributed by atoms with van der Waals surface area (Å²) < 4.78 is 43.7. The first kappa shape index (κ1) is 21.9. The highest BCUT2D eigenvalue weighted by molar-refractivity contribution is 7.21. The SMILES string of the molecule is Cc1cccc2cc(C(=O)N3CCCC34CCN(C(=O)OC(C)C(F)(F)F)CC4)sc12. The van der Waals surface area contributed by atoms with Crippen molar-refractivity contribution in [3.63, 3.8) is 0 Å². The van der Waals surface area contributed by atoms with Crippen LogP contribution in [0.3, 0.4) is 0 Å². The number of benzene rings is 1. The third-order valence-corrected chi connectivity index (χ3v) is 7.76. The zero-order valence-electron chi connectivity index (χ0n) is 17.5. The maximum absolute atomic E-state index is 13.4. The van der Waals surface area contributed by atoms with Crippen molar-refractivity contribution in [2.45, 2.75) is 57.3 Å². The summed E-state index contributed by atoms with van der Waals surface area (Å²) in [6, 6.07) is 7.94. The lowest BCUT2D eigenvalue weighted by Crippen LogP contribution is -2.55. The molecule has 2 amide bonds. The second-order valence-corrected chi connectivity index (χ2v) is 9.50. The summed E-state index contributed by atoms with van der Waals surface area (Å²) in [5.41, 5.74) is 0.784.